The molecule has 1 atom stereocenters. The second-order valence-corrected chi connectivity index (χ2v) is 2.99. The van der Waals surface area contributed by atoms with E-state index in [1.54, 1.807) is 19.1 Å². The van der Waals surface area contributed by atoms with Crippen molar-refractivity contribution in [3.05, 3.63) is 0 Å². The van der Waals surface area contributed by atoms with Crippen LogP contribution in [0.2, 0.25) is 0 Å². The number of hydrazine groups is 1. The SMILES string of the molecule is COC(=O)C(C)(O)CNN(C)C. The molecule has 0 aliphatic carbocycles. The molecule has 0 bridgehead atoms. The van der Waals surface area contributed by atoms with Gasteiger partial charge in [-0.1, -0.05) is 0 Å². The number of aliphatic hydroxyl groups is 1. The zero-order valence-electron chi connectivity index (χ0n) is 7.92. The normalized spacial score (nSPS) is 15.8. The molecule has 0 radical (unpaired) electrons. The number of ether oxygens (including phenoxy) is 1. The molecule has 12 heavy (non-hydrogen) atoms. The third-order valence-corrected chi connectivity index (χ3v) is 1.36. The van der Waals surface area contributed by atoms with Gasteiger partial charge in [0, 0.05) is 20.6 Å². The molecule has 0 aliphatic rings. The fourth-order valence-corrected chi connectivity index (χ4v) is 0.604. The number of hydrogen-bond donors (Lipinski definition) is 2. The minimum atomic E-state index is -1.47. The Labute approximate surface area is 72.3 Å². The fraction of sp³-hybridized carbons (Fsp3) is 0.857. The molecule has 0 rings (SSSR count). The molecule has 0 fully saturated rings. The number of carbonyl (C=O) groups excluding carboxylic acids is 1. The number of methoxy groups -OCH3 is 1. The first-order valence-corrected chi connectivity index (χ1v) is 3.62. The minimum absolute atomic E-state index is 0.132. The number of esters is 1. The van der Waals surface area contributed by atoms with Gasteiger partial charge in [0.1, 0.15) is 0 Å². The Balaban J connectivity index is 3.95. The van der Waals surface area contributed by atoms with Gasteiger partial charge in [0.15, 0.2) is 5.60 Å². The van der Waals surface area contributed by atoms with Gasteiger partial charge in [-0.15, -0.1) is 0 Å². The van der Waals surface area contributed by atoms with Crippen LogP contribution in [0.4, 0.5) is 0 Å². The molecule has 5 nitrogen and oxygen atoms in total. The van der Waals surface area contributed by atoms with Crippen molar-refractivity contribution in [1.29, 1.82) is 0 Å². The van der Waals surface area contributed by atoms with Gasteiger partial charge >= 0.3 is 5.97 Å². The van der Waals surface area contributed by atoms with Gasteiger partial charge in [-0.05, 0) is 6.92 Å². The topological polar surface area (TPSA) is 61.8 Å². The zero-order chi connectivity index (χ0) is 9.78. The lowest BCUT2D eigenvalue weighted by Crippen LogP contribution is -2.49. The van der Waals surface area contributed by atoms with E-state index in [1.165, 1.54) is 14.0 Å². The molecular formula is C7H16N2O3. The first-order valence-electron chi connectivity index (χ1n) is 3.62. The predicted octanol–water partition coefficient (Wildman–Crippen LogP) is -1.02. The van der Waals surface area contributed by atoms with E-state index in [4.69, 9.17) is 0 Å². The third-order valence-electron chi connectivity index (χ3n) is 1.36. The van der Waals surface area contributed by atoms with E-state index in [-0.39, 0.29) is 6.54 Å². The third kappa shape index (κ3) is 3.66. The van der Waals surface area contributed by atoms with Crippen LogP contribution in [-0.4, -0.2) is 49.4 Å². The number of nitrogens with zero attached hydrogens (tertiary/aromatic N) is 1. The molecule has 0 saturated heterocycles. The molecule has 0 aromatic heterocycles. The summed E-state index contributed by atoms with van der Waals surface area (Å²) >= 11 is 0. The summed E-state index contributed by atoms with van der Waals surface area (Å²) < 4.78 is 4.40. The molecule has 72 valence electrons. The Morgan fingerprint density at radius 1 is 1.67 bits per heavy atom. The number of rotatable bonds is 4. The number of carbonyl (C=O) groups is 1. The van der Waals surface area contributed by atoms with Crippen LogP contribution in [-0.2, 0) is 9.53 Å². The van der Waals surface area contributed by atoms with E-state index >= 15 is 0 Å². The molecule has 0 aliphatic heterocycles. The van der Waals surface area contributed by atoms with E-state index < -0.39 is 11.6 Å². The van der Waals surface area contributed by atoms with E-state index in [0.29, 0.717) is 0 Å². The molecule has 5 heteroatoms. The van der Waals surface area contributed by atoms with Crippen LogP contribution >= 0.6 is 0 Å². The quantitative estimate of drug-likeness (QED) is 0.424. The Bertz CT molecular complexity index is 157. The average Bonchev–Trinajstić information content (AvgIpc) is 1.99. The van der Waals surface area contributed by atoms with Crippen LogP contribution in [0.3, 0.4) is 0 Å². The zero-order valence-corrected chi connectivity index (χ0v) is 7.92. The highest BCUT2D eigenvalue weighted by Gasteiger charge is 2.30. The summed E-state index contributed by atoms with van der Waals surface area (Å²) in [6.45, 7) is 1.53. The van der Waals surface area contributed by atoms with Gasteiger partial charge < -0.3 is 9.84 Å². The lowest BCUT2D eigenvalue weighted by atomic mass is 10.1. The van der Waals surface area contributed by atoms with Crippen molar-refractivity contribution < 1.29 is 14.6 Å². The molecule has 0 saturated carbocycles. The van der Waals surface area contributed by atoms with Crippen molar-refractivity contribution in [2.75, 3.05) is 27.7 Å². The van der Waals surface area contributed by atoms with Crippen molar-refractivity contribution in [3.63, 3.8) is 0 Å². The Kier molecular flexibility index (Phi) is 4.16. The van der Waals surface area contributed by atoms with Gasteiger partial charge in [-0.2, -0.15) is 0 Å². The van der Waals surface area contributed by atoms with Crippen molar-refractivity contribution in [2.24, 2.45) is 0 Å². The maximum Gasteiger partial charge on any atom is 0.338 e. The molecular weight excluding hydrogens is 160 g/mol. The number of hydrogen-bond acceptors (Lipinski definition) is 5. The standard InChI is InChI=1S/C7H16N2O3/c1-7(11,6(10)12-4)5-8-9(2)3/h8,11H,5H2,1-4H3. The minimum Gasteiger partial charge on any atom is -0.467 e. The van der Waals surface area contributed by atoms with E-state index in [2.05, 4.69) is 10.2 Å². The molecule has 0 aromatic carbocycles. The Morgan fingerprint density at radius 2 is 2.17 bits per heavy atom. The second-order valence-electron chi connectivity index (χ2n) is 2.99. The highest BCUT2D eigenvalue weighted by Crippen LogP contribution is 2.03. The molecule has 1 unspecified atom stereocenters. The van der Waals surface area contributed by atoms with Crippen LogP contribution in [0.1, 0.15) is 6.92 Å². The van der Waals surface area contributed by atoms with E-state index in [9.17, 15) is 9.90 Å². The van der Waals surface area contributed by atoms with Crippen LogP contribution in [0, 0.1) is 0 Å². The van der Waals surface area contributed by atoms with Gasteiger partial charge in [0.05, 0.1) is 7.11 Å². The largest absolute Gasteiger partial charge is 0.467 e. The van der Waals surface area contributed by atoms with Gasteiger partial charge in [-0.25, -0.2) is 4.79 Å². The number of nitrogens with one attached hydrogen (secondary N) is 1. The summed E-state index contributed by atoms with van der Waals surface area (Å²) in [5.74, 6) is -0.642. The van der Waals surface area contributed by atoms with E-state index in [0.717, 1.165) is 0 Å². The van der Waals surface area contributed by atoms with Crippen molar-refractivity contribution in [2.45, 2.75) is 12.5 Å². The van der Waals surface area contributed by atoms with Crippen LogP contribution in [0.15, 0.2) is 0 Å². The van der Waals surface area contributed by atoms with Crippen LogP contribution in [0.5, 0.6) is 0 Å². The summed E-state index contributed by atoms with van der Waals surface area (Å²) in [7, 11) is 4.78. The van der Waals surface area contributed by atoms with Crippen LogP contribution < -0.4 is 5.43 Å². The summed E-state index contributed by atoms with van der Waals surface area (Å²) in [4.78, 5) is 10.9. The van der Waals surface area contributed by atoms with Gasteiger partial charge in [0.25, 0.3) is 0 Å². The summed E-state index contributed by atoms with van der Waals surface area (Å²) in [6, 6.07) is 0. The molecule has 0 spiro atoms. The first-order chi connectivity index (χ1) is 5.40. The monoisotopic (exact) mass is 176 g/mol. The highest BCUT2D eigenvalue weighted by molar-refractivity contribution is 5.78. The average molecular weight is 176 g/mol. The maximum atomic E-state index is 10.9. The van der Waals surface area contributed by atoms with Crippen molar-refractivity contribution >= 4 is 5.97 Å². The Morgan fingerprint density at radius 3 is 2.50 bits per heavy atom. The van der Waals surface area contributed by atoms with Gasteiger partial charge in [-0.3, -0.25) is 10.4 Å². The lowest BCUT2D eigenvalue weighted by Gasteiger charge is -2.22. The highest BCUT2D eigenvalue weighted by atomic mass is 16.5. The maximum absolute atomic E-state index is 10.9. The van der Waals surface area contributed by atoms with Crippen LogP contribution in [0.25, 0.3) is 0 Å². The smallest absolute Gasteiger partial charge is 0.338 e. The Hall–Kier alpha value is -0.650. The van der Waals surface area contributed by atoms with Crippen molar-refractivity contribution in [3.8, 4) is 0 Å². The van der Waals surface area contributed by atoms with Crippen molar-refractivity contribution in [1.82, 2.24) is 10.4 Å². The summed E-state index contributed by atoms with van der Waals surface area (Å²) in [5, 5.41) is 11.1. The summed E-state index contributed by atoms with van der Waals surface area (Å²) in [6.07, 6.45) is 0. The molecule has 0 aromatic rings. The second kappa shape index (κ2) is 4.39. The first kappa shape index (κ1) is 11.4. The predicted molar refractivity (Wildman–Crippen MR) is 44.3 cm³/mol. The van der Waals surface area contributed by atoms with Gasteiger partial charge in [0.2, 0.25) is 0 Å². The molecule has 0 heterocycles. The summed E-state index contributed by atoms with van der Waals surface area (Å²) in [5.41, 5.74) is 1.31. The lowest BCUT2D eigenvalue weighted by molar-refractivity contribution is -0.160. The van der Waals surface area contributed by atoms with E-state index in [1.807, 2.05) is 0 Å². The fourth-order valence-electron chi connectivity index (χ4n) is 0.604. The molecule has 2 N–H and O–H groups in total. The molecule has 0 amide bonds.